The summed E-state index contributed by atoms with van der Waals surface area (Å²) in [6, 6.07) is -0.489. The van der Waals surface area contributed by atoms with Crippen LogP contribution in [0.1, 0.15) is 46.0 Å². The summed E-state index contributed by atoms with van der Waals surface area (Å²) in [7, 11) is 0. The van der Waals surface area contributed by atoms with Crippen LogP contribution in [0.3, 0.4) is 0 Å². The number of carbonyl (C=O) groups excluding carboxylic acids is 1. The second kappa shape index (κ2) is 6.18. The molecule has 5 heteroatoms. The molecule has 1 rings (SSSR count). The van der Waals surface area contributed by atoms with Gasteiger partial charge in [-0.1, -0.05) is 20.3 Å². The van der Waals surface area contributed by atoms with E-state index in [0.29, 0.717) is 32.4 Å². The number of nitrogens with zero attached hydrogens (tertiary/aromatic N) is 1. The number of carboxylic acid groups (broad SMARTS) is 1. The summed E-state index contributed by atoms with van der Waals surface area (Å²) < 4.78 is 0. The lowest BCUT2D eigenvalue weighted by Gasteiger charge is -2.40. The summed E-state index contributed by atoms with van der Waals surface area (Å²) in [6.07, 6.45) is 3.45. The SMILES string of the molecule is CCCC(N)C(=O)N1CCCC(CC)(C(=O)O)C1. The number of nitrogens with two attached hydrogens (primary N) is 1. The lowest BCUT2D eigenvalue weighted by molar-refractivity contribution is -0.155. The molecule has 104 valence electrons. The van der Waals surface area contributed by atoms with Crippen LogP contribution < -0.4 is 5.73 Å². The van der Waals surface area contributed by atoms with Crippen molar-refractivity contribution in [2.45, 2.75) is 52.0 Å². The van der Waals surface area contributed by atoms with Gasteiger partial charge in [-0.05, 0) is 25.7 Å². The first-order valence-corrected chi connectivity index (χ1v) is 6.74. The van der Waals surface area contributed by atoms with Gasteiger partial charge in [-0.25, -0.2) is 0 Å². The van der Waals surface area contributed by atoms with Gasteiger partial charge in [0, 0.05) is 13.1 Å². The number of carbonyl (C=O) groups is 2. The molecular weight excluding hydrogens is 232 g/mol. The van der Waals surface area contributed by atoms with Crippen molar-refractivity contribution in [1.29, 1.82) is 0 Å². The van der Waals surface area contributed by atoms with Gasteiger partial charge in [-0.2, -0.15) is 0 Å². The maximum atomic E-state index is 12.1. The zero-order valence-corrected chi connectivity index (χ0v) is 11.3. The number of rotatable bonds is 5. The minimum atomic E-state index is -0.799. The van der Waals surface area contributed by atoms with Gasteiger partial charge in [0.15, 0.2) is 0 Å². The molecule has 0 spiro atoms. The monoisotopic (exact) mass is 256 g/mol. The number of piperidine rings is 1. The van der Waals surface area contributed by atoms with E-state index in [1.807, 2.05) is 13.8 Å². The van der Waals surface area contributed by atoms with E-state index < -0.39 is 17.4 Å². The topological polar surface area (TPSA) is 83.6 Å². The van der Waals surface area contributed by atoms with E-state index in [4.69, 9.17) is 5.73 Å². The molecule has 1 aliphatic rings. The number of amides is 1. The molecule has 1 amide bonds. The van der Waals surface area contributed by atoms with Crippen LogP contribution in [-0.2, 0) is 9.59 Å². The number of carboxylic acids is 1. The smallest absolute Gasteiger partial charge is 0.311 e. The average molecular weight is 256 g/mol. The predicted molar refractivity (Wildman–Crippen MR) is 69.1 cm³/mol. The molecule has 0 saturated carbocycles. The zero-order chi connectivity index (χ0) is 13.8. The van der Waals surface area contributed by atoms with Crippen LogP contribution in [0.2, 0.25) is 0 Å². The number of aliphatic carboxylic acids is 1. The molecule has 18 heavy (non-hydrogen) atoms. The molecule has 5 nitrogen and oxygen atoms in total. The summed E-state index contributed by atoms with van der Waals surface area (Å²) >= 11 is 0. The minimum absolute atomic E-state index is 0.101. The Morgan fingerprint density at radius 1 is 1.44 bits per heavy atom. The van der Waals surface area contributed by atoms with Crippen LogP contribution in [0, 0.1) is 5.41 Å². The van der Waals surface area contributed by atoms with Crippen molar-refractivity contribution in [3.8, 4) is 0 Å². The molecule has 1 fully saturated rings. The predicted octanol–water partition coefficient (Wildman–Crippen LogP) is 1.22. The van der Waals surface area contributed by atoms with Gasteiger partial charge < -0.3 is 15.7 Å². The summed E-state index contributed by atoms with van der Waals surface area (Å²) in [5, 5.41) is 9.36. The second-order valence-electron chi connectivity index (χ2n) is 5.20. The minimum Gasteiger partial charge on any atom is -0.481 e. The Labute approximate surface area is 108 Å². The molecule has 1 heterocycles. The van der Waals surface area contributed by atoms with Gasteiger partial charge in [0.25, 0.3) is 0 Å². The van der Waals surface area contributed by atoms with Crippen LogP contribution in [0.15, 0.2) is 0 Å². The lowest BCUT2D eigenvalue weighted by atomic mass is 9.77. The zero-order valence-electron chi connectivity index (χ0n) is 11.3. The van der Waals surface area contributed by atoms with Crippen LogP contribution in [0.25, 0.3) is 0 Å². The molecule has 2 atom stereocenters. The first-order valence-electron chi connectivity index (χ1n) is 6.74. The van der Waals surface area contributed by atoms with Gasteiger partial charge >= 0.3 is 5.97 Å². The first-order chi connectivity index (χ1) is 8.46. The van der Waals surface area contributed by atoms with Gasteiger partial charge in [0.05, 0.1) is 11.5 Å². The van der Waals surface area contributed by atoms with Crippen molar-refractivity contribution in [3.63, 3.8) is 0 Å². The molecule has 0 radical (unpaired) electrons. The van der Waals surface area contributed by atoms with Crippen LogP contribution >= 0.6 is 0 Å². The average Bonchev–Trinajstić information content (AvgIpc) is 2.37. The van der Waals surface area contributed by atoms with E-state index in [-0.39, 0.29) is 5.91 Å². The normalized spacial score (nSPS) is 25.8. The molecule has 0 aromatic rings. The van der Waals surface area contributed by atoms with Gasteiger partial charge in [-0.3, -0.25) is 9.59 Å². The fourth-order valence-corrected chi connectivity index (χ4v) is 2.60. The van der Waals surface area contributed by atoms with Crippen LogP contribution in [0.4, 0.5) is 0 Å². The van der Waals surface area contributed by atoms with Crippen molar-refractivity contribution in [1.82, 2.24) is 4.90 Å². The summed E-state index contributed by atoms with van der Waals surface area (Å²) in [4.78, 5) is 25.2. The molecule has 1 aliphatic heterocycles. The van der Waals surface area contributed by atoms with Gasteiger partial charge in [0.1, 0.15) is 0 Å². The van der Waals surface area contributed by atoms with Crippen molar-refractivity contribution in [2.75, 3.05) is 13.1 Å². The lowest BCUT2D eigenvalue weighted by Crippen LogP contribution is -2.53. The van der Waals surface area contributed by atoms with Crippen molar-refractivity contribution >= 4 is 11.9 Å². The molecular formula is C13H24N2O3. The Bertz CT molecular complexity index is 319. The highest BCUT2D eigenvalue weighted by Gasteiger charge is 2.42. The van der Waals surface area contributed by atoms with E-state index in [0.717, 1.165) is 12.8 Å². The Balaban J connectivity index is 2.74. The molecule has 2 unspecified atom stereocenters. The molecule has 0 aromatic carbocycles. The van der Waals surface area contributed by atoms with Crippen molar-refractivity contribution < 1.29 is 14.7 Å². The molecule has 1 saturated heterocycles. The van der Waals surface area contributed by atoms with E-state index in [1.165, 1.54) is 0 Å². The molecule has 0 aromatic heterocycles. The Kier molecular flexibility index (Phi) is 5.14. The largest absolute Gasteiger partial charge is 0.481 e. The summed E-state index contributed by atoms with van der Waals surface area (Å²) in [6.45, 7) is 4.78. The number of likely N-dealkylation sites (tertiary alicyclic amines) is 1. The quantitative estimate of drug-likeness (QED) is 0.774. The third-order valence-electron chi connectivity index (χ3n) is 3.94. The maximum Gasteiger partial charge on any atom is 0.311 e. The fraction of sp³-hybridized carbons (Fsp3) is 0.846. The van der Waals surface area contributed by atoms with Gasteiger partial charge in [-0.15, -0.1) is 0 Å². The highest BCUT2D eigenvalue weighted by atomic mass is 16.4. The van der Waals surface area contributed by atoms with E-state index in [1.54, 1.807) is 4.90 Å². The Morgan fingerprint density at radius 3 is 2.61 bits per heavy atom. The van der Waals surface area contributed by atoms with Crippen LogP contribution in [-0.4, -0.2) is 41.0 Å². The Morgan fingerprint density at radius 2 is 2.11 bits per heavy atom. The third kappa shape index (κ3) is 3.02. The van der Waals surface area contributed by atoms with E-state index in [9.17, 15) is 14.7 Å². The standard InChI is InChI=1S/C13H24N2O3/c1-3-6-10(14)11(16)15-8-5-7-13(4-2,9-15)12(17)18/h10H,3-9,14H2,1-2H3,(H,17,18). The third-order valence-corrected chi connectivity index (χ3v) is 3.94. The van der Waals surface area contributed by atoms with E-state index in [2.05, 4.69) is 0 Å². The highest BCUT2D eigenvalue weighted by Crippen LogP contribution is 2.33. The van der Waals surface area contributed by atoms with Crippen molar-refractivity contribution in [2.24, 2.45) is 11.1 Å². The molecule has 0 aliphatic carbocycles. The van der Waals surface area contributed by atoms with E-state index >= 15 is 0 Å². The summed E-state index contributed by atoms with van der Waals surface area (Å²) in [5.74, 6) is -0.901. The van der Waals surface area contributed by atoms with Gasteiger partial charge in [0.2, 0.25) is 5.91 Å². The highest BCUT2D eigenvalue weighted by molar-refractivity contribution is 5.83. The fourth-order valence-electron chi connectivity index (χ4n) is 2.60. The molecule has 3 N–H and O–H groups in total. The Hall–Kier alpha value is -1.10. The number of hydrogen-bond donors (Lipinski definition) is 2. The summed E-state index contributed by atoms with van der Waals surface area (Å²) in [5.41, 5.74) is 5.05. The second-order valence-corrected chi connectivity index (χ2v) is 5.20. The van der Waals surface area contributed by atoms with Crippen LogP contribution in [0.5, 0.6) is 0 Å². The first kappa shape index (κ1) is 15.0. The molecule has 0 bridgehead atoms. The maximum absolute atomic E-state index is 12.1. The number of hydrogen-bond acceptors (Lipinski definition) is 3. The van der Waals surface area contributed by atoms with Crippen molar-refractivity contribution in [3.05, 3.63) is 0 Å².